The molecule has 0 atom stereocenters. The lowest BCUT2D eigenvalue weighted by Crippen LogP contribution is -2.18. The molecule has 1 aromatic rings. The fraction of sp³-hybridized carbons (Fsp3) is 0.667. The minimum atomic E-state index is 0.168. The molecule has 90 valence electrons. The van der Waals surface area contributed by atoms with Crippen LogP contribution in [0.25, 0.3) is 0 Å². The van der Waals surface area contributed by atoms with Gasteiger partial charge in [-0.05, 0) is 38.1 Å². The lowest BCUT2D eigenvalue weighted by atomic mass is 10.4. The molecule has 1 aromatic heterocycles. The molecular weight excluding hydrogens is 204 g/mol. The van der Waals surface area contributed by atoms with Gasteiger partial charge in [-0.15, -0.1) is 0 Å². The molecule has 4 nitrogen and oxygen atoms in total. The highest BCUT2D eigenvalue weighted by Gasteiger charge is 2.13. The highest BCUT2D eigenvalue weighted by Crippen LogP contribution is 2.14. The maximum absolute atomic E-state index is 8.64. The fourth-order valence-corrected chi connectivity index (χ4v) is 2.05. The predicted molar refractivity (Wildman–Crippen MR) is 62.0 cm³/mol. The Morgan fingerprint density at radius 3 is 2.75 bits per heavy atom. The highest BCUT2D eigenvalue weighted by atomic mass is 16.3. The molecule has 0 saturated carbocycles. The van der Waals surface area contributed by atoms with E-state index in [1.54, 1.807) is 0 Å². The van der Waals surface area contributed by atoms with E-state index in [1.165, 1.54) is 25.9 Å². The highest BCUT2D eigenvalue weighted by molar-refractivity contribution is 5.07. The molecule has 4 heteroatoms. The van der Waals surface area contributed by atoms with Crippen LogP contribution in [-0.2, 0) is 13.1 Å². The summed E-state index contributed by atoms with van der Waals surface area (Å²) in [6, 6.07) is 4.06. The van der Waals surface area contributed by atoms with Crippen molar-refractivity contribution in [2.45, 2.75) is 25.9 Å². The summed E-state index contributed by atoms with van der Waals surface area (Å²) in [5, 5.41) is 11.7. The number of furan rings is 1. The quantitative estimate of drug-likeness (QED) is 0.707. The van der Waals surface area contributed by atoms with Crippen molar-refractivity contribution in [3.8, 4) is 0 Å². The van der Waals surface area contributed by atoms with Gasteiger partial charge in [-0.3, -0.25) is 4.90 Å². The zero-order valence-corrected chi connectivity index (χ0v) is 9.61. The van der Waals surface area contributed by atoms with Crippen LogP contribution in [0.4, 0.5) is 0 Å². The molecule has 0 aromatic carbocycles. The molecule has 0 amide bonds. The molecule has 1 aliphatic rings. The average Bonchev–Trinajstić information content (AvgIpc) is 2.91. The molecule has 0 unspecified atom stereocenters. The van der Waals surface area contributed by atoms with Crippen molar-refractivity contribution in [1.29, 1.82) is 0 Å². The standard InChI is InChI=1S/C12H20N2O2/c15-8-5-13-9-11-3-4-12(16-11)10-14-6-1-2-7-14/h3-4,13,15H,1-2,5-10H2. The van der Waals surface area contributed by atoms with Crippen LogP contribution < -0.4 is 5.32 Å². The summed E-state index contributed by atoms with van der Waals surface area (Å²) in [7, 11) is 0. The second kappa shape index (κ2) is 6.03. The zero-order valence-electron chi connectivity index (χ0n) is 9.61. The Bertz CT molecular complexity index is 306. The van der Waals surface area contributed by atoms with Crippen molar-refractivity contribution < 1.29 is 9.52 Å². The van der Waals surface area contributed by atoms with Gasteiger partial charge in [-0.1, -0.05) is 0 Å². The monoisotopic (exact) mass is 224 g/mol. The summed E-state index contributed by atoms with van der Waals surface area (Å²) < 4.78 is 5.71. The molecule has 16 heavy (non-hydrogen) atoms. The van der Waals surface area contributed by atoms with E-state index in [4.69, 9.17) is 9.52 Å². The second-order valence-electron chi connectivity index (χ2n) is 4.25. The van der Waals surface area contributed by atoms with Gasteiger partial charge in [0.25, 0.3) is 0 Å². The van der Waals surface area contributed by atoms with Crippen LogP contribution in [-0.4, -0.2) is 36.2 Å². The van der Waals surface area contributed by atoms with Crippen LogP contribution in [0.1, 0.15) is 24.4 Å². The number of aliphatic hydroxyl groups is 1. The van der Waals surface area contributed by atoms with Gasteiger partial charge in [-0.25, -0.2) is 0 Å². The average molecular weight is 224 g/mol. The molecule has 2 rings (SSSR count). The molecule has 1 aliphatic heterocycles. The van der Waals surface area contributed by atoms with Crippen molar-refractivity contribution in [2.75, 3.05) is 26.2 Å². The predicted octanol–water partition coefficient (Wildman–Crippen LogP) is 0.957. The maximum Gasteiger partial charge on any atom is 0.118 e. The van der Waals surface area contributed by atoms with E-state index in [9.17, 15) is 0 Å². The van der Waals surface area contributed by atoms with Crippen molar-refractivity contribution >= 4 is 0 Å². The Morgan fingerprint density at radius 2 is 2.00 bits per heavy atom. The van der Waals surface area contributed by atoms with Gasteiger partial charge in [0.05, 0.1) is 19.7 Å². The number of likely N-dealkylation sites (tertiary alicyclic amines) is 1. The Hall–Kier alpha value is -0.840. The Labute approximate surface area is 96.2 Å². The van der Waals surface area contributed by atoms with Crippen LogP contribution in [0.2, 0.25) is 0 Å². The van der Waals surface area contributed by atoms with Crippen LogP contribution >= 0.6 is 0 Å². The van der Waals surface area contributed by atoms with E-state index in [1.807, 2.05) is 12.1 Å². The van der Waals surface area contributed by atoms with Gasteiger partial charge in [-0.2, -0.15) is 0 Å². The first-order valence-electron chi connectivity index (χ1n) is 6.00. The second-order valence-corrected chi connectivity index (χ2v) is 4.25. The van der Waals surface area contributed by atoms with Gasteiger partial charge in [0.2, 0.25) is 0 Å². The molecule has 0 aliphatic carbocycles. The van der Waals surface area contributed by atoms with E-state index in [0.717, 1.165) is 18.1 Å². The first kappa shape index (κ1) is 11.6. The summed E-state index contributed by atoms with van der Waals surface area (Å²) >= 11 is 0. The third kappa shape index (κ3) is 3.33. The van der Waals surface area contributed by atoms with Crippen LogP contribution in [0, 0.1) is 0 Å². The van der Waals surface area contributed by atoms with Gasteiger partial charge < -0.3 is 14.8 Å². The lowest BCUT2D eigenvalue weighted by Gasteiger charge is -2.11. The van der Waals surface area contributed by atoms with Crippen molar-refractivity contribution in [1.82, 2.24) is 10.2 Å². The third-order valence-corrected chi connectivity index (χ3v) is 2.88. The Balaban J connectivity index is 1.77. The van der Waals surface area contributed by atoms with E-state index in [-0.39, 0.29) is 6.61 Å². The van der Waals surface area contributed by atoms with E-state index in [0.29, 0.717) is 13.1 Å². The number of rotatable bonds is 6. The summed E-state index contributed by atoms with van der Waals surface area (Å²) in [6.07, 6.45) is 2.62. The molecule has 0 bridgehead atoms. The van der Waals surface area contributed by atoms with E-state index < -0.39 is 0 Å². The molecule has 0 spiro atoms. The lowest BCUT2D eigenvalue weighted by molar-refractivity contribution is 0.282. The molecule has 1 saturated heterocycles. The van der Waals surface area contributed by atoms with Gasteiger partial charge in [0.15, 0.2) is 0 Å². The Morgan fingerprint density at radius 1 is 1.25 bits per heavy atom. The first-order chi connectivity index (χ1) is 7.88. The summed E-state index contributed by atoms with van der Waals surface area (Å²) in [6.45, 7) is 4.79. The number of hydrogen-bond acceptors (Lipinski definition) is 4. The van der Waals surface area contributed by atoms with Crippen LogP contribution in [0.3, 0.4) is 0 Å². The zero-order chi connectivity index (χ0) is 11.2. The van der Waals surface area contributed by atoms with Crippen molar-refractivity contribution in [3.63, 3.8) is 0 Å². The SMILES string of the molecule is OCCNCc1ccc(CN2CCCC2)o1. The van der Waals surface area contributed by atoms with Crippen LogP contribution in [0.5, 0.6) is 0 Å². The topological polar surface area (TPSA) is 48.6 Å². The van der Waals surface area contributed by atoms with E-state index in [2.05, 4.69) is 10.2 Å². The molecule has 0 radical (unpaired) electrons. The van der Waals surface area contributed by atoms with Crippen LogP contribution in [0.15, 0.2) is 16.5 Å². The largest absolute Gasteiger partial charge is 0.463 e. The third-order valence-electron chi connectivity index (χ3n) is 2.88. The minimum Gasteiger partial charge on any atom is -0.463 e. The van der Waals surface area contributed by atoms with Crippen molar-refractivity contribution in [3.05, 3.63) is 23.7 Å². The molecule has 2 N–H and O–H groups in total. The van der Waals surface area contributed by atoms with Gasteiger partial charge in [0.1, 0.15) is 11.5 Å². The molecule has 2 heterocycles. The Kier molecular flexibility index (Phi) is 4.39. The number of nitrogens with zero attached hydrogens (tertiary/aromatic N) is 1. The number of hydrogen-bond donors (Lipinski definition) is 2. The smallest absolute Gasteiger partial charge is 0.118 e. The van der Waals surface area contributed by atoms with Gasteiger partial charge in [0, 0.05) is 6.54 Å². The summed E-state index contributed by atoms with van der Waals surface area (Å²) in [4.78, 5) is 2.42. The number of nitrogens with one attached hydrogen (secondary N) is 1. The maximum atomic E-state index is 8.64. The molecule has 1 fully saturated rings. The molecular formula is C12H20N2O2. The summed E-state index contributed by atoms with van der Waals surface area (Å²) in [5.41, 5.74) is 0. The fourth-order valence-electron chi connectivity index (χ4n) is 2.05. The normalized spacial score (nSPS) is 17.1. The first-order valence-corrected chi connectivity index (χ1v) is 6.00. The van der Waals surface area contributed by atoms with Crippen molar-refractivity contribution in [2.24, 2.45) is 0 Å². The van der Waals surface area contributed by atoms with E-state index >= 15 is 0 Å². The van der Waals surface area contributed by atoms with Gasteiger partial charge >= 0.3 is 0 Å². The summed E-state index contributed by atoms with van der Waals surface area (Å²) in [5.74, 6) is 1.99. The minimum absolute atomic E-state index is 0.168. The number of aliphatic hydroxyl groups excluding tert-OH is 1.